The lowest BCUT2D eigenvalue weighted by Crippen LogP contribution is -2.55. The number of non-ortho nitro benzene ring substituents is 1. The first-order valence-electron chi connectivity index (χ1n) is 9.96. The highest BCUT2D eigenvalue weighted by Crippen LogP contribution is 2.60. The molecule has 4 aliphatic carbocycles. The number of benzene rings is 1. The lowest BCUT2D eigenvalue weighted by molar-refractivity contribution is -0.384. The van der Waals surface area contributed by atoms with Gasteiger partial charge in [-0.1, -0.05) is 6.07 Å². The van der Waals surface area contributed by atoms with E-state index >= 15 is 0 Å². The summed E-state index contributed by atoms with van der Waals surface area (Å²) in [7, 11) is 0. The minimum Gasteiger partial charge on any atom is -0.346 e. The predicted octanol–water partition coefficient (Wildman–Crippen LogP) is 1.69. The molecule has 0 aromatic heterocycles. The molecule has 3 N–H and O–H groups in total. The first-order valence-corrected chi connectivity index (χ1v) is 9.96. The summed E-state index contributed by atoms with van der Waals surface area (Å²) in [5.74, 6) is 0.619. The van der Waals surface area contributed by atoms with Gasteiger partial charge < -0.3 is 5.32 Å². The Labute approximate surface area is 167 Å². The fraction of sp³-hybridized carbons (Fsp3) is 0.550. The van der Waals surface area contributed by atoms with E-state index in [9.17, 15) is 24.5 Å². The monoisotopic (exact) mass is 400 g/mol. The Morgan fingerprint density at radius 3 is 2.24 bits per heavy atom. The van der Waals surface area contributed by atoms with E-state index in [4.69, 9.17) is 0 Å². The average molecular weight is 400 g/mol. The van der Waals surface area contributed by atoms with Crippen LogP contribution >= 0.6 is 0 Å². The van der Waals surface area contributed by atoms with E-state index in [0.29, 0.717) is 17.8 Å². The first kappa shape index (κ1) is 19.4. The average Bonchev–Trinajstić information content (AvgIpc) is 2.69. The normalized spacial score (nSPS) is 29.2. The number of nitrogens with zero attached hydrogens (tertiary/aromatic N) is 1. The van der Waals surface area contributed by atoms with Crippen molar-refractivity contribution in [2.45, 2.75) is 38.5 Å². The topological polar surface area (TPSA) is 130 Å². The number of hydrogen-bond acceptors (Lipinski definition) is 5. The molecule has 5 rings (SSSR count). The molecule has 4 bridgehead atoms. The van der Waals surface area contributed by atoms with Crippen molar-refractivity contribution in [3.8, 4) is 0 Å². The van der Waals surface area contributed by atoms with Crippen LogP contribution in [0.1, 0.15) is 48.9 Å². The Hall–Kier alpha value is -2.97. The van der Waals surface area contributed by atoms with E-state index in [1.54, 1.807) is 0 Å². The summed E-state index contributed by atoms with van der Waals surface area (Å²) in [5.41, 5.74) is 3.95. The first-order chi connectivity index (χ1) is 13.8. The zero-order valence-corrected chi connectivity index (χ0v) is 16.0. The quantitative estimate of drug-likeness (QED) is 0.511. The summed E-state index contributed by atoms with van der Waals surface area (Å²) >= 11 is 0. The van der Waals surface area contributed by atoms with Gasteiger partial charge in [-0.2, -0.15) is 0 Å². The van der Waals surface area contributed by atoms with Gasteiger partial charge in [-0.05, 0) is 62.3 Å². The van der Waals surface area contributed by atoms with Crippen LogP contribution in [0.5, 0.6) is 0 Å². The van der Waals surface area contributed by atoms with Crippen molar-refractivity contribution in [1.82, 2.24) is 16.2 Å². The van der Waals surface area contributed by atoms with Crippen LogP contribution in [0.25, 0.3) is 0 Å². The summed E-state index contributed by atoms with van der Waals surface area (Å²) in [6.07, 6.45) is 6.44. The molecule has 4 saturated carbocycles. The SMILES string of the molecule is O=C(CNC(=O)C12CC3CC(CC(C3)C1)C2)NNC(=O)c1cccc([N+](=O)[O-])c1. The summed E-state index contributed by atoms with van der Waals surface area (Å²) in [5, 5.41) is 13.5. The number of nitro benzene ring substituents is 1. The van der Waals surface area contributed by atoms with Gasteiger partial charge in [0.25, 0.3) is 17.5 Å². The summed E-state index contributed by atoms with van der Waals surface area (Å²) in [4.78, 5) is 47.1. The minimum absolute atomic E-state index is 0.0529. The predicted molar refractivity (Wildman–Crippen MR) is 102 cm³/mol. The van der Waals surface area contributed by atoms with E-state index in [1.807, 2.05) is 0 Å². The Morgan fingerprint density at radius 2 is 1.66 bits per heavy atom. The molecule has 0 unspecified atom stereocenters. The molecule has 0 aliphatic heterocycles. The van der Waals surface area contributed by atoms with Gasteiger partial charge in [0.1, 0.15) is 0 Å². The third-order valence-corrected chi connectivity index (χ3v) is 6.56. The van der Waals surface area contributed by atoms with E-state index in [1.165, 1.54) is 37.5 Å². The van der Waals surface area contributed by atoms with E-state index < -0.39 is 16.7 Å². The van der Waals surface area contributed by atoms with Gasteiger partial charge in [0.15, 0.2) is 0 Å². The molecule has 0 heterocycles. The third-order valence-electron chi connectivity index (χ3n) is 6.56. The van der Waals surface area contributed by atoms with Gasteiger partial charge in [-0.3, -0.25) is 35.3 Å². The van der Waals surface area contributed by atoms with Crippen molar-refractivity contribution in [3.05, 3.63) is 39.9 Å². The Bertz CT molecular complexity index is 833. The van der Waals surface area contributed by atoms with Crippen LogP contribution in [0.2, 0.25) is 0 Å². The summed E-state index contributed by atoms with van der Waals surface area (Å²) in [6.45, 7) is -0.226. The van der Waals surface area contributed by atoms with Crippen LogP contribution in [-0.2, 0) is 9.59 Å². The molecule has 0 saturated heterocycles. The number of amides is 3. The second-order valence-electron chi connectivity index (χ2n) is 8.69. The lowest BCUT2D eigenvalue weighted by Gasteiger charge is -2.55. The summed E-state index contributed by atoms with van der Waals surface area (Å²) in [6, 6.07) is 5.19. The number of rotatable bonds is 5. The van der Waals surface area contributed by atoms with E-state index in [2.05, 4.69) is 16.2 Å². The van der Waals surface area contributed by atoms with Gasteiger partial charge in [-0.15, -0.1) is 0 Å². The van der Waals surface area contributed by atoms with E-state index in [0.717, 1.165) is 25.3 Å². The Balaban J connectivity index is 1.26. The minimum atomic E-state index is -0.672. The lowest BCUT2D eigenvalue weighted by atomic mass is 9.49. The third kappa shape index (κ3) is 3.94. The standard InChI is InChI=1S/C20H24N4O5/c25-17(22-23-18(26)15-2-1-3-16(7-15)24(28)29)11-21-19(27)20-8-12-4-13(9-20)6-14(5-12)10-20/h1-3,7,12-14H,4-6,8-11H2,(H,21,27)(H,22,25)(H,23,26). The van der Waals surface area contributed by atoms with Crippen LogP contribution in [0.4, 0.5) is 5.69 Å². The summed E-state index contributed by atoms with van der Waals surface area (Å²) < 4.78 is 0. The Morgan fingerprint density at radius 1 is 1.03 bits per heavy atom. The van der Waals surface area contributed by atoms with Crippen LogP contribution in [0, 0.1) is 33.3 Å². The molecule has 9 nitrogen and oxygen atoms in total. The largest absolute Gasteiger partial charge is 0.346 e. The van der Waals surface area contributed by atoms with Gasteiger partial charge in [-0.25, -0.2) is 0 Å². The van der Waals surface area contributed by atoms with Crippen molar-refractivity contribution in [2.75, 3.05) is 6.54 Å². The number of carbonyl (C=O) groups excluding carboxylic acids is 3. The zero-order valence-electron chi connectivity index (χ0n) is 16.0. The molecule has 0 radical (unpaired) electrons. The van der Waals surface area contributed by atoms with Crippen molar-refractivity contribution >= 4 is 23.4 Å². The van der Waals surface area contributed by atoms with Crippen LogP contribution < -0.4 is 16.2 Å². The fourth-order valence-corrected chi connectivity index (χ4v) is 5.74. The number of hydrazine groups is 1. The van der Waals surface area contributed by atoms with Gasteiger partial charge >= 0.3 is 0 Å². The molecule has 9 heteroatoms. The van der Waals surface area contributed by atoms with Crippen molar-refractivity contribution in [3.63, 3.8) is 0 Å². The van der Waals surface area contributed by atoms with Crippen LogP contribution in [0.3, 0.4) is 0 Å². The molecule has 29 heavy (non-hydrogen) atoms. The smallest absolute Gasteiger partial charge is 0.270 e. The number of nitro groups is 1. The molecule has 154 valence electrons. The molecule has 0 atom stereocenters. The van der Waals surface area contributed by atoms with Crippen LogP contribution in [-0.4, -0.2) is 29.2 Å². The second-order valence-corrected chi connectivity index (χ2v) is 8.69. The zero-order chi connectivity index (χ0) is 20.6. The Kier molecular flexibility index (Phi) is 4.97. The van der Waals surface area contributed by atoms with E-state index in [-0.39, 0.29) is 29.1 Å². The second kappa shape index (κ2) is 7.46. The number of carbonyl (C=O) groups is 3. The maximum Gasteiger partial charge on any atom is 0.270 e. The van der Waals surface area contributed by atoms with Gasteiger partial charge in [0.2, 0.25) is 5.91 Å². The molecular formula is C20H24N4O5. The highest BCUT2D eigenvalue weighted by Gasteiger charge is 2.54. The number of hydrogen-bond donors (Lipinski definition) is 3. The molecule has 1 aromatic carbocycles. The van der Waals surface area contributed by atoms with Crippen molar-refractivity contribution in [2.24, 2.45) is 23.2 Å². The molecule has 1 aromatic rings. The molecular weight excluding hydrogens is 376 g/mol. The fourth-order valence-electron chi connectivity index (χ4n) is 5.74. The number of nitrogens with one attached hydrogen (secondary N) is 3. The van der Waals surface area contributed by atoms with Gasteiger partial charge in [0.05, 0.1) is 11.5 Å². The molecule has 0 spiro atoms. The highest BCUT2D eigenvalue weighted by atomic mass is 16.6. The van der Waals surface area contributed by atoms with Gasteiger partial charge in [0, 0.05) is 23.1 Å². The van der Waals surface area contributed by atoms with Crippen molar-refractivity contribution in [1.29, 1.82) is 0 Å². The maximum absolute atomic E-state index is 12.8. The molecule has 4 aliphatic rings. The maximum atomic E-state index is 12.8. The van der Waals surface area contributed by atoms with Crippen molar-refractivity contribution < 1.29 is 19.3 Å². The molecule has 4 fully saturated rings. The highest BCUT2D eigenvalue weighted by molar-refractivity contribution is 5.96. The van der Waals surface area contributed by atoms with Crippen LogP contribution in [0.15, 0.2) is 24.3 Å². The molecule has 3 amide bonds.